The van der Waals surface area contributed by atoms with E-state index in [2.05, 4.69) is 12.2 Å². The van der Waals surface area contributed by atoms with Crippen LogP contribution in [0.5, 0.6) is 0 Å². The third kappa shape index (κ3) is 4.92. The summed E-state index contributed by atoms with van der Waals surface area (Å²) >= 11 is 0. The molecule has 25 heavy (non-hydrogen) atoms. The second-order valence-corrected chi connectivity index (χ2v) is 7.15. The minimum Gasteiger partial charge on any atom is -0.391 e. The minimum atomic E-state index is -0.645. The number of hydrogen-bond donors (Lipinski definition) is 2. The highest BCUT2D eigenvalue weighted by atomic mass is 16.6. The lowest BCUT2D eigenvalue weighted by molar-refractivity contribution is -0.384. The molecule has 7 nitrogen and oxygen atoms in total. The average molecular weight is 349 g/mol. The lowest BCUT2D eigenvalue weighted by Crippen LogP contribution is -2.35. The summed E-state index contributed by atoms with van der Waals surface area (Å²) in [4.78, 5) is 25.3. The van der Waals surface area contributed by atoms with Crippen LogP contribution in [0.3, 0.4) is 0 Å². The lowest BCUT2D eigenvalue weighted by atomic mass is 9.98. The Labute approximate surface area is 148 Å². The summed E-state index contributed by atoms with van der Waals surface area (Å²) in [6.45, 7) is 7.59. The fraction of sp³-hybridized carbons (Fsp3) is 0.611. The van der Waals surface area contributed by atoms with Crippen LogP contribution < -0.4 is 10.2 Å². The van der Waals surface area contributed by atoms with Crippen LogP contribution in [-0.2, 0) is 0 Å². The summed E-state index contributed by atoms with van der Waals surface area (Å²) in [7, 11) is 0. The molecule has 1 aliphatic rings. The molecule has 2 N–H and O–H groups in total. The quantitative estimate of drug-likeness (QED) is 0.608. The predicted octanol–water partition coefficient (Wildman–Crippen LogP) is 2.58. The van der Waals surface area contributed by atoms with Gasteiger partial charge < -0.3 is 15.3 Å². The second-order valence-electron chi connectivity index (χ2n) is 7.15. The van der Waals surface area contributed by atoms with Crippen molar-refractivity contribution >= 4 is 17.3 Å². The maximum absolute atomic E-state index is 12.2. The third-order valence-electron chi connectivity index (χ3n) is 4.80. The van der Waals surface area contributed by atoms with Crippen molar-refractivity contribution in [2.45, 2.75) is 39.7 Å². The van der Waals surface area contributed by atoms with E-state index in [1.165, 1.54) is 6.07 Å². The van der Waals surface area contributed by atoms with Crippen molar-refractivity contribution in [3.63, 3.8) is 0 Å². The molecular formula is C18H27N3O4. The molecule has 2 rings (SSSR count). The molecule has 0 spiro atoms. The van der Waals surface area contributed by atoms with Crippen molar-refractivity contribution in [2.24, 2.45) is 11.8 Å². The number of nitrogens with zero attached hydrogens (tertiary/aromatic N) is 2. The molecule has 1 saturated heterocycles. The number of carbonyl (C=O) groups excluding carboxylic acids is 1. The van der Waals surface area contributed by atoms with Gasteiger partial charge in [0, 0.05) is 31.3 Å². The Kier molecular flexibility index (Phi) is 6.36. The Hall–Kier alpha value is -2.15. The summed E-state index contributed by atoms with van der Waals surface area (Å²) in [6.07, 6.45) is 1.37. The topological polar surface area (TPSA) is 95.7 Å². The Morgan fingerprint density at radius 2 is 2.04 bits per heavy atom. The number of hydrogen-bond acceptors (Lipinski definition) is 5. The first kappa shape index (κ1) is 19.2. The summed E-state index contributed by atoms with van der Waals surface area (Å²) in [5.41, 5.74) is 0.749. The van der Waals surface area contributed by atoms with Crippen molar-refractivity contribution in [3.05, 3.63) is 33.9 Å². The highest BCUT2D eigenvalue weighted by Crippen LogP contribution is 2.32. The van der Waals surface area contributed by atoms with E-state index in [-0.39, 0.29) is 23.7 Å². The van der Waals surface area contributed by atoms with E-state index in [0.717, 1.165) is 25.9 Å². The second kappa shape index (κ2) is 8.29. The normalized spacial score (nSPS) is 16.8. The van der Waals surface area contributed by atoms with Crippen molar-refractivity contribution in [1.82, 2.24) is 5.32 Å². The number of benzene rings is 1. The van der Waals surface area contributed by atoms with Crippen molar-refractivity contribution in [2.75, 3.05) is 24.5 Å². The van der Waals surface area contributed by atoms with Crippen LogP contribution in [0.1, 0.15) is 44.0 Å². The van der Waals surface area contributed by atoms with E-state index >= 15 is 0 Å². The molecule has 1 aromatic rings. The number of rotatable bonds is 6. The Morgan fingerprint density at radius 1 is 1.40 bits per heavy atom. The van der Waals surface area contributed by atoms with Crippen LogP contribution in [0.15, 0.2) is 18.2 Å². The zero-order valence-corrected chi connectivity index (χ0v) is 15.1. The summed E-state index contributed by atoms with van der Waals surface area (Å²) in [5.74, 6) is 0.243. The van der Waals surface area contributed by atoms with Gasteiger partial charge in [-0.2, -0.15) is 0 Å². The Bertz CT molecular complexity index is 625. The first-order valence-electron chi connectivity index (χ1n) is 8.79. The van der Waals surface area contributed by atoms with Crippen LogP contribution in [0.25, 0.3) is 0 Å². The molecule has 1 heterocycles. The average Bonchev–Trinajstić information content (AvgIpc) is 2.59. The van der Waals surface area contributed by atoms with Gasteiger partial charge in [0.1, 0.15) is 5.69 Å². The zero-order chi connectivity index (χ0) is 18.6. The Balaban J connectivity index is 2.15. The molecule has 1 fully saturated rings. The SMILES string of the molecule is CC1CCN(c2ccc(C(=O)NCC(O)C(C)C)cc2[N+](=O)[O-])CC1. The van der Waals surface area contributed by atoms with Crippen molar-refractivity contribution < 1.29 is 14.8 Å². The molecule has 0 aliphatic carbocycles. The highest BCUT2D eigenvalue weighted by Gasteiger charge is 2.25. The van der Waals surface area contributed by atoms with Crippen molar-refractivity contribution in [3.8, 4) is 0 Å². The first-order chi connectivity index (χ1) is 11.8. The standard InChI is InChI=1S/C18H27N3O4/c1-12(2)17(22)11-19-18(23)14-4-5-15(16(10-14)21(24)25)20-8-6-13(3)7-9-20/h4-5,10,12-13,17,22H,6-9,11H2,1-3H3,(H,19,23). The number of piperidine rings is 1. The molecule has 138 valence electrons. The maximum Gasteiger partial charge on any atom is 0.293 e. The summed E-state index contributed by atoms with van der Waals surface area (Å²) in [6, 6.07) is 4.59. The lowest BCUT2D eigenvalue weighted by Gasteiger charge is -2.31. The molecule has 1 amide bonds. The van der Waals surface area contributed by atoms with E-state index in [4.69, 9.17) is 0 Å². The van der Waals surface area contributed by atoms with E-state index < -0.39 is 16.9 Å². The zero-order valence-electron chi connectivity index (χ0n) is 15.1. The van der Waals surface area contributed by atoms with Gasteiger partial charge in [-0.25, -0.2) is 0 Å². The number of nitro groups is 1. The number of nitro benzene ring substituents is 1. The van der Waals surface area contributed by atoms with Crippen molar-refractivity contribution in [1.29, 1.82) is 0 Å². The van der Waals surface area contributed by atoms with E-state index in [1.807, 2.05) is 18.7 Å². The van der Waals surface area contributed by atoms with Crippen LogP contribution in [0.2, 0.25) is 0 Å². The molecule has 1 atom stereocenters. The molecule has 0 saturated carbocycles. The Morgan fingerprint density at radius 3 is 2.60 bits per heavy atom. The largest absolute Gasteiger partial charge is 0.391 e. The third-order valence-corrected chi connectivity index (χ3v) is 4.80. The maximum atomic E-state index is 12.2. The molecular weight excluding hydrogens is 322 g/mol. The van der Waals surface area contributed by atoms with Gasteiger partial charge in [0.15, 0.2) is 0 Å². The fourth-order valence-electron chi connectivity index (χ4n) is 2.86. The molecule has 1 unspecified atom stereocenters. The predicted molar refractivity (Wildman–Crippen MR) is 96.9 cm³/mol. The summed E-state index contributed by atoms with van der Waals surface area (Å²) < 4.78 is 0. The van der Waals surface area contributed by atoms with Gasteiger partial charge in [0.25, 0.3) is 11.6 Å². The number of nitrogens with one attached hydrogen (secondary N) is 1. The number of aliphatic hydroxyl groups is 1. The van der Waals surface area contributed by atoms with Crippen LogP contribution in [0, 0.1) is 22.0 Å². The summed E-state index contributed by atoms with van der Waals surface area (Å²) in [5, 5.41) is 23.9. The molecule has 1 aliphatic heterocycles. The number of carbonyl (C=O) groups is 1. The van der Waals surface area contributed by atoms with Gasteiger partial charge in [-0.3, -0.25) is 14.9 Å². The van der Waals surface area contributed by atoms with Gasteiger partial charge in [-0.1, -0.05) is 20.8 Å². The number of amides is 1. The minimum absolute atomic E-state index is 0.0264. The molecule has 1 aromatic carbocycles. The fourth-order valence-corrected chi connectivity index (χ4v) is 2.86. The van der Waals surface area contributed by atoms with Crippen LogP contribution in [-0.4, -0.2) is 41.7 Å². The monoisotopic (exact) mass is 349 g/mol. The van der Waals surface area contributed by atoms with Gasteiger partial charge in [0.2, 0.25) is 0 Å². The van der Waals surface area contributed by atoms with E-state index in [0.29, 0.717) is 11.6 Å². The molecule has 0 bridgehead atoms. The molecule has 0 aromatic heterocycles. The van der Waals surface area contributed by atoms with Crippen LogP contribution in [0.4, 0.5) is 11.4 Å². The van der Waals surface area contributed by atoms with Crippen LogP contribution >= 0.6 is 0 Å². The smallest absolute Gasteiger partial charge is 0.293 e. The molecule has 0 radical (unpaired) electrons. The van der Waals surface area contributed by atoms with Gasteiger partial charge >= 0.3 is 0 Å². The highest BCUT2D eigenvalue weighted by molar-refractivity contribution is 5.95. The molecule has 7 heteroatoms. The number of aliphatic hydroxyl groups excluding tert-OH is 1. The van der Waals surface area contributed by atoms with Gasteiger partial charge in [-0.15, -0.1) is 0 Å². The van der Waals surface area contributed by atoms with Gasteiger partial charge in [0.05, 0.1) is 11.0 Å². The van der Waals surface area contributed by atoms with E-state index in [9.17, 15) is 20.0 Å². The first-order valence-corrected chi connectivity index (χ1v) is 8.79. The number of anilines is 1. The van der Waals surface area contributed by atoms with Gasteiger partial charge in [-0.05, 0) is 36.8 Å². The van der Waals surface area contributed by atoms with E-state index in [1.54, 1.807) is 12.1 Å².